The van der Waals surface area contributed by atoms with Crippen molar-refractivity contribution in [2.24, 2.45) is 5.92 Å². The fraction of sp³-hybridized carbons (Fsp3) is 0.533. The summed E-state index contributed by atoms with van der Waals surface area (Å²) in [5.41, 5.74) is 1.03. The van der Waals surface area contributed by atoms with Crippen LogP contribution in [0.3, 0.4) is 0 Å². The van der Waals surface area contributed by atoms with Gasteiger partial charge in [0.2, 0.25) is 0 Å². The van der Waals surface area contributed by atoms with Crippen LogP contribution >= 0.6 is 15.9 Å². The van der Waals surface area contributed by atoms with Crippen molar-refractivity contribution in [3.05, 3.63) is 28.2 Å². The quantitative estimate of drug-likeness (QED) is 0.863. The number of aromatic carboxylic acids is 1. The molecule has 0 aromatic heterocycles. The average molecular weight is 341 g/mol. The monoisotopic (exact) mass is 340 g/mol. The second kappa shape index (κ2) is 7.09. The maximum absolute atomic E-state index is 11.2. The molecule has 2 N–H and O–H groups in total. The molecule has 0 radical (unpaired) electrons. The van der Waals surface area contributed by atoms with E-state index >= 15 is 0 Å². The summed E-state index contributed by atoms with van der Waals surface area (Å²) in [5.74, 6) is -0.265. The van der Waals surface area contributed by atoms with Crippen molar-refractivity contribution >= 4 is 27.6 Å². The van der Waals surface area contributed by atoms with Gasteiger partial charge in [-0.3, -0.25) is 0 Å². The van der Waals surface area contributed by atoms with Crippen molar-refractivity contribution < 1.29 is 9.90 Å². The van der Waals surface area contributed by atoms with E-state index in [4.69, 9.17) is 0 Å². The largest absolute Gasteiger partial charge is 0.478 e. The lowest BCUT2D eigenvalue weighted by Gasteiger charge is -2.31. The van der Waals surface area contributed by atoms with Crippen molar-refractivity contribution in [3.8, 4) is 0 Å². The first-order valence-corrected chi connectivity index (χ1v) is 7.88. The number of rotatable bonds is 5. The third-order valence-electron chi connectivity index (χ3n) is 3.95. The van der Waals surface area contributed by atoms with E-state index in [1.807, 2.05) is 6.07 Å². The van der Waals surface area contributed by atoms with Gasteiger partial charge in [0.05, 0.1) is 5.56 Å². The van der Waals surface area contributed by atoms with E-state index in [0.717, 1.165) is 30.7 Å². The highest BCUT2D eigenvalue weighted by atomic mass is 79.9. The molecule has 0 amide bonds. The highest BCUT2D eigenvalue weighted by Gasteiger charge is 2.18. The van der Waals surface area contributed by atoms with E-state index in [9.17, 15) is 9.90 Å². The number of halogens is 1. The third kappa shape index (κ3) is 3.96. The zero-order valence-electron chi connectivity index (χ0n) is 11.7. The number of carboxylic acids is 1. The minimum atomic E-state index is -0.888. The van der Waals surface area contributed by atoms with Crippen molar-refractivity contribution in [3.63, 3.8) is 0 Å². The molecule has 1 saturated heterocycles. The number of carbonyl (C=O) groups is 1. The average Bonchev–Trinajstić information content (AvgIpc) is 2.45. The van der Waals surface area contributed by atoms with E-state index in [1.165, 1.54) is 12.8 Å². The molecule has 0 spiro atoms. The molecule has 110 valence electrons. The van der Waals surface area contributed by atoms with Crippen LogP contribution in [-0.4, -0.2) is 42.2 Å². The summed E-state index contributed by atoms with van der Waals surface area (Å²) in [4.78, 5) is 13.7. The molecule has 1 aliphatic heterocycles. The topological polar surface area (TPSA) is 52.6 Å². The van der Waals surface area contributed by atoms with Crippen LogP contribution in [0.5, 0.6) is 0 Å². The zero-order chi connectivity index (χ0) is 14.5. The summed E-state index contributed by atoms with van der Waals surface area (Å²) in [6.45, 7) is 6.45. The Bertz CT molecular complexity index is 471. The molecule has 20 heavy (non-hydrogen) atoms. The Balaban J connectivity index is 1.94. The molecule has 0 unspecified atom stereocenters. The van der Waals surface area contributed by atoms with Gasteiger partial charge in [0, 0.05) is 16.7 Å². The van der Waals surface area contributed by atoms with Gasteiger partial charge in [0.1, 0.15) is 0 Å². The number of carboxylic acid groups (broad SMARTS) is 1. The van der Waals surface area contributed by atoms with Crippen LogP contribution in [0.1, 0.15) is 30.1 Å². The van der Waals surface area contributed by atoms with Gasteiger partial charge in [-0.2, -0.15) is 0 Å². The van der Waals surface area contributed by atoms with E-state index in [0.29, 0.717) is 17.2 Å². The van der Waals surface area contributed by atoms with E-state index in [2.05, 4.69) is 33.1 Å². The normalized spacial score (nSPS) is 17.1. The smallest absolute Gasteiger partial charge is 0.337 e. The Morgan fingerprint density at radius 2 is 2.15 bits per heavy atom. The maximum Gasteiger partial charge on any atom is 0.337 e. The molecule has 0 atom stereocenters. The first-order chi connectivity index (χ1) is 9.60. The predicted molar refractivity (Wildman–Crippen MR) is 84.4 cm³/mol. The number of anilines is 1. The summed E-state index contributed by atoms with van der Waals surface area (Å²) in [6, 6.07) is 5.23. The SMILES string of the molecule is CCN1CCC(CNc2cc(Br)ccc2C(=O)O)CC1. The summed E-state index contributed by atoms with van der Waals surface area (Å²) in [6.07, 6.45) is 2.36. The molecule has 1 heterocycles. The molecule has 2 rings (SSSR count). The second-order valence-electron chi connectivity index (χ2n) is 5.25. The molecule has 1 aromatic rings. The molecule has 1 fully saturated rings. The van der Waals surface area contributed by atoms with Crippen LogP contribution < -0.4 is 5.32 Å². The highest BCUT2D eigenvalue weighted by Crippen LogP contribution is 2.23. The number of hydrogen-bond acceptors (Lipinski definition) is 3. The van der Waals surface area contributed by atoms with Gasteiger partial charge in [-0.05, 0) is 56.6 Å². The minimum Gasteiger partial charge on any atom is -0.478 e. The number of piperidine rings is 1. The van der Waals surface area contributed by atoms with Crippen molar-refractivity contribution in [2.75, 3.05) is 31.5 Å². The fourth-order valence-electron chi connectivity index (χ4n) is 2.61. The fourth-order valence-corrected chi connectivity index (χ4v) is 2.97. The Kier molecular flexibility index (Phi) is 5.43. The van der Waals surface area contributed by atoms with Gasteiger partial charge in [-0.25, -0.2) is 4.79 Å². The zero-order valence-corrected chi connectivity index (χ0v) is 13.3. The number of benzene rings is 1. The maximum atomic E-state index is 11.2. The van der Waals surface area contributed by atoms with Gasteiger partial charge < -0.3 is 15.3 Å². The molecular formula is C15H21BrN2O2. The summed E-state index contributed by atoms with van der Waals surface area (Å²) in [5, 5.41) is 12.5. The van der Waals surface area contributed by atoms with Gasteiger partial charge in [0.15, 0.2) is 0 Å². The molecule has 1 aliphatic rings. The van der Waals surface area contributed by atoms with Crippen LogP contribution in [0.2, 0.25) is 0 Å². The van der Waals surface area contributed by atoms with Gasteiger partial charge >= 0.3 is 5.97 Å². The number of hydrogen-bond donors (Lipinski definition) is 2. The van der Waals surface area contributed by atoms with Crippen LogP contribution in [-0.2, 0) is 0 Å². The van der Waals surface area contributed by atoms with Crippen molar-refractivity contribution in [2.45, 2.75) is 19.8 Å². The predicted octanol–water partition coefficient (Wildman–Crippen LogP) is 3.29. The van der Waals surface area contributed by atoms with E-state index in [1.54, 1.807) is 12.1 Å². The lowest BCUT2D eigenvalue weighted by Crippen LogP contribution is -2.35. The van der Waals surface area contributed by atoms with Crippen molar-refractivity contribution in [1.82, 2.24) is 4.90 Å². The van der Waals surface area contributed by atoms with Crippen LogP contribution in [0.25, 0.3) is 0 Å². The minimum absolute atomic E-state index is 0.333. The van der Waals surface area contributed by atoms with Gasteiger partial charge in [0.25, 0.3) is 0 Å². The Hall–Kier alpha value is -1.07. The summed E-state index contributed by atoms with van der Waals surface area (Å²) < 4.78 is 0.894. The Morgan fingerprint density at radius 3 is 2.75 bits per heavy atom. The molecule has 1 aromatic carbocycles. The molecule has 0 saturated carbocycles. The lowest BCUT2D eigenvalue weighted by molar-refractivity contribution is 0.0698. The van der Waals surface area contributed by atoms with Crippen LogP contribution in [0, 0.1) is 5.92 Å². The standard InChI is InChI=1S/C15H21BrN2O2/c1-2-18-7-5-11(6-8-18)10-17-14-9-12(16)3-4-13(14)15(19)20/h3-4,9,11,17H,2,5-8,10H2,1H3,(H,19,20). The second-order valence-corrected chi connectivity index (χ2v) is 6.17. The molecule has 5 heteroatoms. The summed E-state index contributed by atoms with van der Waals surface area (Å²) >= 11 is 3.39. The van der Waals surface area contributed by atoms with Gasteiger partial charge in [-0.15, -0.1) is 0 Å². The number of nitrogens with one attached hydrogen (secondary N) is 1. The van der Waals surface area contributed by atoms with E-state index < -0.39 is 5.97 Å². The van der Waals surface area contributed by atoms with Crippen molar-refractivity contribution in [1.29, 1.82) is 0 Å². The lowest BCUT2D eigenvalue weighted by atomic mass is 9.96. The van der Waals surface area contributed by atoms with Crippen LogP contribution in [0.15, 0.2) is 22.7 Å². The first kappa shape index (κ1) is 15.3. The Morgan fingerprint density at radius 1 is 1.45 bits per heavy atom. The Labute approximate surface area is 128 Å². The highest BCUT2D eigenvalue weighted by molar-refractivity contribution is 9.10. The van der Waals surface area contributed by atoms with Crippen LogP contribution in [0.4, 0.5) is 5.69 Å². The molecule has 0 aliphatic carbocycles. The number of likely N-dealkylation sites (tertiary alicyclic amines) is 1. The number of nitrogens with zero attached hydrogens (tertiary/aromatic N) is 1. The van der Waals surface area contributed by atoms with E-state index in [-0.39, 0.29) is 0 Å². The molecule has 4 nitrogen and oxygen atoms in total. The molecule has 0 bridgehead atoms. The first-order valence-electron chi connectivity index (χ1n) is 7.09. The van der Waals surface area contributed by atoms with Gasteiger partial charge in [-0.1, -0.05) is 22.9 Å². The third-order valence-corrected chi connectivity index (χ3v) is 4.44. The summed E-state index contributed by atoms with van der Waals surface area (Å²) in [7, 11) is 0. The molecular weight excluding hydrogens is 320 g/mol.